The van der Waals surface area contributed by atoms with Gasteiger partial charge in [0.15, 0.2) is 0 Å². The van der Waals surface area contributed by atoms with Gasteiger partial charge in [-0.2, -0.15) is 0 Å². The van der Waals surface area contributed by atoms with Crippen LogP contribution in [0.15, 0.2) is 60.7 Å². The zero-order chi connectivity index (χ0) is 25.3. The van der Waals surface area contributed by atoms with E-state index in [1.54, 1.807) is 16.7 Å². The second-order valence-corrected chi connectivity index (χ2v) is 11.5. The Hall–Kier alpha value is -2.84. The molecule has 0 radical (unpaired) electrons. The second-order valence-electron chi connectivity index (χ2n) is 9.91. The Balaban J connectivity index is 1.52. The molecule has 8 heteroatoms. The summed E-state index contributed by atoms with van der Waals surface area (Å²) < 4.78 is -0.682. The minimum absolute atomic E-state index is 0.0138. The third-order valence-electron chi connectivity index (χ3n) is 7.85. The van der Waals surface area contributed by atoms with Crippen molar-refractivity contribution in [2.24, 2.45) is 11.8 Å². The van der Waals surface area contributed by atoms with E-state index in [1.807, 2.05) is 60.7 Å². The molecule has 2 aromatic rings. The van der Waals surface area contributed by atoms with Gasteiger partial charge in [0, 0.05) is 17.5 Å². The van der Waals surface area contributed by atoms with Crippen LogP contribution in [0.1, 0.15) is 44.2 Å². The van der Waals surface area contributed by atoms with E-state index in [1.165, 1.54) is 0 Å². The smallest absolute Gasteiger partial charge is 0.244 e. The van der Waals surface area contributed by atoms with Gasteiger partial charge < -0.3 is 20.6 Å². The summed E-state index contributed by atoms with van der Waals surface area (Å²) >= 11 is 1.64. The van der Waals surface area contributed by atoms with Gasteiger partial charge in [-0.25, -0.2) is 0 Å². The minimum Gasteiger partial charge on any atom is -0.394 e. The van der Waals surface area contributed by atoms with E-state index in [-0.39, 0.29) is 29.6 Å². The molecule has 0 aromatic heterocycles. The van der Waals surface area contributed by atoms with Crippen LogP contribution in [-0.2, 0) is 14.4 Å². The number of benzene rings is 2. The maximum atomic E-state index is 14.2. The summed E-state index contributed by atoms with van der Waals surface area (Å²) in [6.07, 6.45) is 3.28. The zero-order valence-electron chi connectivity index (χ0n) is 20.4. The molecular weight excluding hydrogens is 474 g/mol. The first-order valence-corrected chi connectivity index (χ1v) is 13.7. The Labute approximate surface area is 216 Å². The van der Waals surface area contributed by atoms with Gasteiger partial charge in [0.1, 0.15) is 6.04 Å². The summed E-state index contributed by atoms with van der Waals surface area (Å²) in [5.41, 5.74) is 1.47. The quantitative estimate of drug-likeness (QED) is 0.452. The topological polar surface area (TPSA) is 98.7 Å². The number of hydrogen-bond acceptors (Lipinski definition) is 5. The van der Waals surface area contributed by atoms with Gasteiger partial charge in [0.05, 0.1) is 29.2 Å². The highest BCUT2D eigenvalue weighted by molar-refractivity contribution is 8.02. The van der Waals surface area contributed by atoms with Crippen LogP contribution < -0.4 is 10.6 Å². The van der Waals surface area contributed by atoms with Crippen molar-refractivity contribution in [1.29, 1.82) is 0 Å². The number of amides is 3. The summed E-state index contributed by atoms with van der Waals surface area (Å²) in [5, 5.41) is 16.5. The summed E-state index contributed by atoms with van der Waals surface area (Å²) in [4.78, 5) is 43.1. The fourth-order valence-electron chi connectivity index (χ4n) is 6.29. The van der Waals surface area contributed by atoms with Crippen LogP contribution in [-0.4, -0.2) is 56.9 Å². The Morgan fingerprint density at radius 1 is 1.11 bits per heavy atom. The number of nitrogens with one attached hydrogen (secondary N) is 2. The van der Waals surface area contributed by atoms with Gasteiger partial charge in [0.2, 0.25) is 17.7 Å². The van der Waals surface area contributed by atoms with Crippen LogP contribution in [0.5, 0.6) is 0 Å². The van der Waals surface area contributed by atoms with Crippen molar-refractivity contribution in [1.82, 2.24) is 10.2 Å². The van der Waals surface area contributed by atoms with Crippen LogP contribution in [0.3, 0.4) is 0 Å². The molecule has 3 aliphatic rings. The highest BCUT2D eigenvalue weighted by Gasteiger charge is 2.74. The van der Waals surface area contributed by atoms with E-state index >= 15 is 0 Å². The number of thioether (sulfide) groups is 1. The molecule has 7 nitrogen and oxygen atoms in total. The number of para-hydroxylation sites is 1. The van der Waals surface area contributed by atoms with E-state index in [0.717, 1.165) is 24.8 Å². The van der Waals surface area contributed by atoms with E-state index < -0.39 is 28.7 Å². The number of hydrogen-bond donors (Lipinski definition) is 3. The number of carbonyl (C=O) groups excluding carboxylic acids is 3. The molecule has 0 aliphatic carbocycles. The predicted molar refractivity (Wildman–Crippen MR) is 140 cm³/mol. The monoisotopic (exact) mass is 507 g/mol. The number of unbranched alkanes of at least 4 members (excludes halogenated alkanes) is 1. The van der Waals surface area contributed by atoms with Crippen molar-refractivity contribution in [3.63, 3.8) is 0 Å². The number of anilines is 1. The molecule has 2 bridgehead atoms. The van der Waals surface area contributed by atoms with Crippen LogP contribution in [0.4, 0.5) is 5.69 Å². The lowest BCUT2D eigenvalue weighted by molar-refractivity contribution is -0.142. The molecule has 5 rings (SSSR count). The first-order chi connectivity index (χ1) is 17.5. The highest BCUT2D eigenvalue weighted by Crippen LogP contribution is 2.67. The van der Waals surface area contributed by atoms with Gasteiger partial charge in [0.25, 0.3) is 0 Å². The summed E-state index contributed by atoms with van der Waals surface area (Å²) in [6.45, 7) is 2.30. The van der Waals surface area contributed by atoms with Gasteiger partial charge in [-0.1, -0.05) is 61.9 Å². The fourth-order valence-corrected chi connectivity index (χ4v) is 8.49. The van der Waals surface area contributed by atoms with Crippen molar-refractivity contribution in [2.45, 2.75) is 54.7 Å². The maximum Gasteiger partial charge on any atom is 0.244 e. The third kappa shape index (κ3) is 4.10. The number of aliphatic hydroxyl groups is 1. The highest BCUT2D eigenvalue weighted by atomic mass is 32.2. The van der Waals surface area contributed by atoms with Gasteiger partial charge >= 0.3 is 0 Å². The average Bonchev–Trinajstić information content (AvgIpc) is 3.54. The number of carbonyl (C=O) groups is 3. The van der Waals surface area contributed by atoms with E-state index in [4.69, 9.17) is 0 Å². The lowest BCUT2D eigenvalue weighted by Crippen LogP contribution is -2.54. The number of fused-ring (bicyclic) bond motifs is 1. The molecule has 6 atom stereocenters. The normalized spacial score (nSPS) is 29.2. The summed E-state index contributed by atoms with van der Waals surface area (Å²) in [6, 6.07) is 17.2. The number of likely N-dealkylation sites (tertiary alicyclic amines) is 1. The molecule has 3 heterocycles. The SMILES string of the molecule is CCCCNC(=O)C1N([C@H](CO)c2ccccc2)C(=O)[C@@H]2[C@H](C(=O)Nc3ccccc3)[C@@H]3CCC12S3. The predicted octanol–water partition coefficient (Wildman–Crippen LogP) is 3.37. The molecule has 1 spiro atoms. The Bertz CT molecular complexity index is 1110. The van der Waals surface area contributed by atoms with Gasteiger partial charge in [-0.3, -0.25) is 14.4 Å². The Morgan fingerprint density at radius 2 is 1.81 bits per heavy atom. The van der Waals surface area contributed by atoms with Crippen LogP contribution in [0.25, 0.3) is 0 Å². The first-order valence-electron chi connectivity index (χ1n) is 12.8. The molecule has 36 heavy (non-hydrogen) atoms. The molecule has 3 fully saturated rings. The van der Waals surface area contributed by atoms with Crippen LogP contribution >= 0.6 is 11.8 Å². The molecule has 3 aliphatic heterocycles. The molecular formula is C28H33N3O4S. The minimum atomic E-state index is -0.742. The number of nitrogens with zero attached hydrogens (tertiary/aromatic N) is 1. The van der Waals surface area contributed by atoms with E-state index in [9.17, 15) is 19.5 Å². The molecule has 3 amide bonds. The summed E-state index contributed by atoms with van der Waals surface area (Å²) in [7, 11) is 0. The lowest BCUT2D eigenvalue weighted by atomic mass is 9.70. The Kier molecular flexibility index (Phi) is 7.08. The van der Waals surface area contributed by atoms with Crippen molar-refractivity contribution in [3.8, 4) is 0 Å². The van der Waals surface area contributed by atoms with Crippen molar-refractivity contribution < 1.29 is 19.5 Å². The summed E-state index contributed by atoms with van der Waals surface area (Å²) in [5.74, 6) is -1.71. The van der Waals surface area contributed by atoms with Crippen LogP contribution in [0, 0.1) is 11.8 Å². The zero-order valence-corrected chi connectivity index (χ0v) is 21.2. The molecule has 0 saturated carbocycles. The van der Waals surface area contributed by atoms with Gasteiger partial charge in [-0.05, 0) is 37.0 Å². The number of aliphatic hydroxyl groups excluding tert-OH is 1. The average molecular weight is 508 g/mol. The maximum absolute atomic E-state index is 14.2. The molecule has 3 N–H and O–H groups in total. The standard InChI is InChI=1S/C28H33N3O4S/c1-2-3-16-29-26(34)24-28-15-14-21(36-28)22(25(33)30-19-12-8-5-9-13-19)23(28)27(35)31(24)20(17-32)18-10-6-4-7-11-18/h4-13,20-24,32H,2-3,14-17H2,1H3,(H,29,34)(H,30,33)/t20-,21+,22-,23+,24?,28?/m1/s1. The molecule has 2 aromatic carbocycles. The van der Waals surface area contributed by atoms with Gasteiger partial charge in [-0.15, -0.1) is 11.8 Å². The van der Waals surface area contributed by atoms with E-state index in [0.29, 0.717) is 18.7 Å². The molecule has 2 unspecified atom stereocenters. The van der Waals surface area contributed by atoms with Crippen molar-refractivity contribution >= 4 is 35.2 Å². The number of rotatable bonds is 9. The van der Waals surface area contributed by atoms with Crippen LogP contribution in [0.2, 0.25) is 0 Å². The third-order valence-corrected chi connectivity index (χ3v) is 9.80. The van der Waals surface area contributed by atoms with Crippen molar-refractivity contribution in [3.05, 3.63) is 66.2 Å². The molecule has 190 valence electrons. The fraction of sp³-hybridized carbons (Fsp3) is 0.464. The largest absolute Gasteiger partial charge is 0.394 e. The second kappa shape index (κ2) is 10.3. The Morgan fingerprint density at radius 3 is 2.47 bits per heavy atom. The molecule has 3 saturated heterocycles. The van der Waals surface area contributed by atoms with E-state index in [2.05, 4.69) is 17.6 Å². The lowest BCUT2D eigenvalue weighted by Gasteiger charge is -2.37. The van der Waals surface area contributed by atoms with Crippen molar-refractivity contribution in [2.75, 3.05) is 18.5 Å². The first kappa shape index (κ1) is 24.8.